The van der Waals surface area contributed by atoms with Crippen molar-refractivity contribution in [2.24, 2.45) is 0 Å². The molecule has 0 radical (unpaired) electrons. The summed E-state index contributed by atoms with van der Waals surface area (Å²) in [5, 5.41) is 2.99. The summed E-state index contributed by atoms with van der Waals surface area (Å²) >= 11 is 11.8. The third kappa shape index (κ3) is 5.23. The highest BCUT2D eigenvalue weighted by molar-refractivity contribution is 6.43. The molecule has 0 saturated carbocycles. The lowest BCUT2D eigenvalue weighted by atomic mass is 10.1. The van der Waals surface area contributed by atoms with Crippen molar-refractivity contribution in [3.63, 3.8) is 0 Å². The molecule has 0 heterocycles. The number of halogens is 3. The number of nitrogens with one attached hydrogen (secondary N) is 1. The highest BCUT2D eigenvalue weighted by Crippen LogP contribution is 2.29. The first-order valence-electron chi connectivity index (χ1n) is 6.59. The van der Waals surface area contributed by atoms with Gasteiger partial charge in [-0.15, -0.1) is 0 Å². The summed E-state index contributed by atoms with van der Waals surface area (Å²) < 4.78 is 17.8. The molecule has 4 nitrogen and oxygen atoms in total. The van der Waals surface area contributed by atoms with E-state index in [-0.39, 0.29) is 11.4 Å². The van der Waals surface area contributed by atoms with Gasteiger partial charge >= 0.3 is 5.97 Å². The van der Waals surface area contributed by atoms with Crippen molar-refractivity contribution >= 4 is 40.8 Å². The molecule has 1 amide bonds. The smallest absolute Gasteiger partial charge is 0.310 e. The van der Waals surface area contributed by atoms with Gasteiger partial charge in [0.2, 0.25) is 0 Å². The van der Waals surface area contributed by atoms with E-state index < -0.39 is 24.3 Å². The van der Waals surface area contributed by atoms with Crippen LogP contribution in [0.4, 0.5) is 10.1 Å². The molecule has 7 heteroatoms. The molecule has 0 spiro atoms. The average Bonchev–Trinajstić information content (AvgIpc) is 2.50. The van der Waals surface area contributed by atoms with Crippen LogP contribution in [0.2, 0.25) is 10.0 Å². The van der Waals surface area contributed by atoms with Gasteiger partial charge in [-0.25, -0.2) is 4.39 Å². The Kier molecular flexibility index (Phi) is 5.96. The van der Waals surface area contributed by atoms with E-state index in [0.29, 0.717) is 16.3 Å². The molecule has 0 bridgehead atoms. The number of esters is 1. The van der Waals surface area contributed by atoms with Crippen LogP contribution < -0.4 is 5.32 Å². The number of anilines is 1. The Morgan fingerprint density at radius 3 is 2.61 bits per heavy atom. The van der Waals surface area contributed by atoms with E-state index >= 15 is 0 Å². The van der Waals surface area contributed by atoms with Gasteiger partial charge in [-0.3, -0.25) is 9.59 Å². The van der Waals surface area contributed by atoms with E-state index in [1.54, 1.807) is 24.3 Å². The van der Waals surface area contributed by atoms with Gasteiger partial charge in [-0.05, 0) is 29.8 Å². The summed E-state index contributed by atoms with van der Waals surface area (Å²) in [6, 6.07) is 10.4. The molecule has 0 aliphatic rings. The largest absolute Gasteiger partial charge is 0.455 e. The van der Waals surface area contributed by atoms with E-state index in [9.17, 15) is 14.0 Å². The van der Waals surface area contributed by atoms with Gasteiger partial charge in [0.25, 0.3) is 5.91 Å². The number of ether oxygens (including phenoxy) is 1. The predicted octanol–water partition coefficient (Wildman–Crippen LogP) is 3.86. The van der Waals surface area contributed by atoms with Gasteiger partial charge in [-0.1, -0.05) is 41.4 Å². The third-order valence-electron chi connectivity index (χ3n) is 2.83. The molecule has 0 unspecified atom stereocenters. The maximum Gasteiger partial charge on any atom is 0.310 e. The van der Waals surface area contributed by atoms with Crippen molar-refractivity contribution < 1.29 is 18.7 Å². The molecular weight excluding hydrogens is 344 g/mol. The molecule has 0 atom stereocenters. The van der Waals surface area contributed by atoms with Crippen LogP contribution in [0.5, 0.6) is 0 Å². The zero-order valence-electron chi connectivity index (χ0n) is 11.8. The summed E-state index contributed by atoms with van der Waals surface area (Å²) in [7, 11) is 0. The number of carbonyl (C=O) groups is 2. The normalized spacial score (nSPS) is 10.2. The van der Waals surface area contributed by atoms with Crippen molar-refractivity contribution in [1.29, 1.82) is 0 Å². The standard InChI is InChI=1S/C16H12Cl2FNO3/c17-12-5-2-6-13(16(12)18)20-14(21)9-23-15(22)8-10-3-1-4-11(19)7-10/h1-7H,8-9H2,(H,20,21). The van der Waals surface area contributed by atoms with Gasteiger partial charge in [0.15, 0.2) is 6.61 Å². The van der Waals surface area contributed by atoms with Crippen molar-refractivity contribution in [3.8, 4) is 0 Å². The Bertz CT molecular complexity index is 737. The lowest BCUT2D eigenvalue weighted by Gasteiger charge is -2.09. The lowest BCUT2D eigenvalue weighted by molar-refractivity contribution is -0.146. The zero-order valence-corrected chi connectivity index (χ0v) is 13.3. The molecule has 0 aliphatic carbocycles. The van der Waals surface area contributed by atoms with Crippen LogP contribution in [0.25, 0.3) is 0 Å². The molecule has 2 aromatic carbocycles. The van der Waals surface area contributed by atoms with Gasteiger partial charge in [0.1, 0.15) is 5.82 Å². The lowest BCUT2D eigenvalue weighted by Crippen LogP contribution is -2.21. The molecule has 23 heavy (non-hydrogen) atoms. The highest BCUT2D eigenvalue weighted by Gasteiger charge is 2.11. The summed E-state index contributed by atoms with van der Waals surface area (Å²) in [5.41, 5.74) is 0.790. The SMILES string of the molecule is O=C(COC(=O)Cc1cccc(F)c1)Nc1cccc(Cl)c1Cl. The number of amides is 1. The first-order chi connectivity index (χ1) is 11.0. The van der Waals surface area contributed by atoms with Gasteiger partial charge < -0.3 is 10.1 Å². The Labute approximate surface area is 142 Å². The fourth-order valence-corrected chi connectivity index (χ4v) is 2.15. The molecule has 0 fully saturated rings. The summed E-state index contributed by atoms with van der Waals surface area (Å²) in [5.74, 6) is -1.63. The van der Waals surface area contributed by atoms with E-state index in [4.69, 9.17) is 27.9 Å². The molecule has 0 aliphatic heterocycles. The number of benzene rings is 2. The van der Waals surface area contributed by atoms with Gasteiger partial charge in [-0.2, -0.15) is 0 Å². The Balaban J connectivity index is 1.84. The molecule has 0 aromatic heterocycles. The van der Waals surface area contributed by atoms with Crippen LogP contribution in [-0.2, 0) is 20.7 Å². The number of carbonyl (C=O) groups excluding carboxylic acids is 2. The quantitative estimate of drug-likeness (QED) is 0.828. The molecule has 1 N–H and O–H groups in total. The van der Waals surface area contributed by atoms with Crippen molar-refractivity contribution in [2.45, 2.75) is 6.42 Å². The molecular formula is C16H12Cl2FNO3. The van der Waals surface area contributed by atoms with Gasteiger partial charge in [0, 0.05) is 0 Å². The minimum Gasteiger partial charge on any atom is -0.455 e. The number of hydrogen-bond donors (Lipinski definition) is 1. The summed E-state index contributed by atoms with van der Waals surface area (Å²) in [6.45, 7) is -0.475. The minimum absolute atomic E-state index is 0.122. The summed E-state index contributed by atoms with van der Waals surface area (Å²) in [4.78, 5) is 23.4. The second kappa shape index (κ2) is 7.94. The monoisotopic (exact) mass is 355 g/mol. The van der Waals surface area contributed by atoms with E-state index in [0.717, 1.165) is 0 Å². The predicted molar refractivity (Wildman–Crippen MR) is 86.2 cm³/mol. The van der Waals surface area contributed by atoms with Crippen LogP contribution in [0.1, 0.15) is 5.56 Å². The van der Waals surface area contributed by atoms with Crippen molar-refractivity contribution in [2.75, 3.05) is 11.9 Å². The van der Waals surface area contributed by atoms with Crippen LogP contribution >= 0.6 is 23.2 Å². The second-order valence-electron chi connectivity index (χ2n) is 4.62. The second-order valence-corrected chi connectivity index (χ2v) is 5.40. The van der Waals surface area contributed by atoms with Crippen molar-refractivity contribution in [3.05, 3.63) is 63.9 Å². The fourth-order valence-electron chi connectivity index (χ4n) is 1.80. The third-order valence-corrected chi connectivity index (χ3v) is 3.65. The van der Waals surface area contributed by atoms with E-state index in [2.05, 4.69) is 5.32 Å². The number of rotatable bonds is 5. The molecule has 120 valence electrons. The first-order valence-corrected chi connectivity index (χ1v) is 7.35. The maximum absolute atomic E-state index is 13.0. The highest BCUT2D eigenvalue weighted by atomic mass is 35.5. The Morgan fingerprint density at radius 1 is 1.13 bits per heavy atom. The zero-order chi connectivity index (χ0) is 16.8. The Morgan fingerprint density at radius 2 is 1.87 bits per heavy atom. The first kappa shape index (κ1) is 17.2. The van der Waals surface area contributed by atoms with Crippen LogP contribution in [0.15, 0.2) is 42.5 Å². The number of hydrogen-bond acceptors (Lipinski definition) is 3. The van der Waals surface area contributed by atoms with Crippen LogP contribution in [0, 0.1) is 5.82 Å². The van der Waals surface area contributed by atoms with Crippen LogP contribution in [-0.4, -0.2) is 18.5 Å². The fraction of sp³-hybridized carbons (Fsp3) is 0.125. The van der Waals surface area contributed by atoms with Crippen molar-refractivity contribution in [1.82, 2.24) is 0 Å². The molecule has 2 aromatic rings. The average molecular weight is 356 g/mol. The Hall–Kier alpha value is -2.11. The molecule has 2 rings (SSSR count). The summed E-state index contributed by atoms with van der Waals surface area (Å²) in [6.07, 6.45) is -0.122. The van der Waals surface area contributed by atoms with E-state index in [1.807, 2.05) is 0 Å². The van der Waals surface area contributed by atoms with E-state index in [1.165, 1.54) is 18.2 Å². The molecule has 0 saturated heterocycles. The minimum atomic E-state index is -0.636. The van der Waals surface area contributed by atoms with Gasteiger partial charge in [0.05, 0.1) is 22.2 Å². The topological polar surface area (TPSA) is 55.4 Å². The maximum atomic E-state index is 13.0. The van der Waals surface area contributed by atoms with Crippen LogP contribution in [0.3, 0.4) is 0 Å².